The van der Waals surface area contributed by atoms with E-state index in [2.05, 4.69) is 5.10 Å². The van der Waals surface area contributed by atoms with Gasteiger partial charge in [0.1, 0.15) is 0 Å². The van der Waals surface area contributed by atoms with Crippen LogP contribution in [-0.2, 0) is 6.54 Å². The molecule has 78 valence electrons. The van der Waals surface area contributed by atoms with E-state index in [1.165, 1.54) is 6.07 Å². The second-order valence-electron chi connectivity index (χ2n) is 3.43. The highest BCUT2D eigenvalue weighted by Crippen LogP contribution is 2.12. The number of aromatic nitrogens is 2. The lowest BCUT2D eigenvalue weighted by atomic mass is 10.2. The lowest BCUT2D eigenvalue weighted by Gasteiger charge is -2.03. The van der Waals surface area contributed by atoms with Crippen molar-refractivity contribution in [3.8, 4) is 0 Å². The molecule has 0 aliphatic rings. The van der Waals surface area contributed by atoms with Crippen LogP contribution < -0.4 is 0 Å². The normalized spacial score (nSPS) is 10.6. The summed E-state index contributed by atoms with van der Waals surface area (Å²) in [6.07, 6.45) is 3.46. The molecule has 1 aromatic heterocycles. The maximum atomic E-state index is 13.3. The number of hydrogen-bond donors (Lipinski definition) is 0. The predicted molar refractivity (Wildman–Crippen MR) is 52.4 cm³/mol. The number of benzene rings is 1. The number of rotatable bonds is 2. The topological polar surface area (TPSA) is 17.8 Å². The molecule has 2 nitrogen and oxygen atoms in total. The standard InChI is InChI=1S/C11H10F2N2/c1-8-5-14-15(6-8)7-9-3-2-4-10(12)11(9)13/h2-6H,7H2,1H3. The molecule has 1 aromatic carbocycles. The average molecular weight is 208 g/mol. The van der Waals surface area contributed by atoms with Gasteiger partial charge in [0.2, 0.25) is 0 Å². The summed E-state index contributed by atoms with van der Waals surface area (Å²) < 4.78 is 27.7. The van der Waals surface area contributed by atoms with Gasteiger partial charge in [-0.2, -0.15) is 5.10 Å². The first-order chi connectivity index (χ1) is 7.16. The van der Waals surface area contributed by atoms with Crippen LogP contribution in [0.5, 0.6) is 0 Å². The maximum absolute atomic E-state index is 13.3. The van der Waals surface area contributed by atoms with Crippen molar-refractivity contribution in [3.05, 3.63) is 53.4 Å². The van der Waals surface area contributed by atoms with Crippen LogP contribution in [0.3, 0.4) is 0 Å². The van der Waals surface area contributed by atoms with Crippen LogP contribution >= 0.6 is 0 Å². The molecule has 0 spiro atoms. The monoisotopic (exact) mass is 208 g/mol. The third kappa shape index (κ3) is 2.03. The van der Waals surface area contributed by atoms with Crippen LogP contribution in [0.2, 0.25) is 0 Å². The van der Waals surface area contributed by atoms with Crippen molar-refractivity contribution in [3.63, 3.8) is 0 Å². The second-order valence-corrected chi connectivity index (χ2v) is 3.43. The molecule has 2 rings (SSSR count). The van der Waals surface area contributed by atoms with Crippen LogP contribution in [0.1, 0.15) is 11.1 Å². The van der Waals surface area contributed by atoms with E-state index in [1.807, 2.05) is 6.92 Å². The Balaban J connectivity index is 2.28. The minimum atomic E-state index is -0.823. The molecule has 0 aliphatic heterocycles. The largest absolute Gasteiger partial charge is 0.268 e. The molecular weight excluding hydrogens is 198 g/mol. The molecule has 2 aromatic rings. The lowest BCUT2D eigenvalue weighted by Crippen LogP contribution is -2.03. The number of aryl methyl sites for hydroxylation is 1. The second kappa shape index (κ2) is 3.81. The first-order valence-corrected chi connectivity index (χ1v) is 4.59. The molecule has 0 aliphatic carbocycles. The fourth-order valence-electron chi connectivity index (χ4n) is 1.40. The minimum absolute atomic E-state index is 0.247. The van der Waals surface area contributed by atoms with Gasteiger partial charge >= 0.3 is 0 Å². The molecule has 1 heterocycles. The summed E-state index contributed by atoms with van der Waals surface area (Å²) in [4.78, 5) is 0. The van der Waals surface area contributed by atoms with E-state index in [0.717, 1.165) is 11.6 Å². The molecule has 0 N–H and O–H groups in total. The summed E-state index contributed by atoms with van der Waals surface area (Å²) in [6.45, 7) is 2.14. The van der Waals surface area contributed by atoms with Crippen molar-refractivity contribution in [2.45, 2.75) is 13.5 Å². The van der Waals surface area contributed by atoms with E-state index in [-0.39, 0.29) is 6.54 Å². The van der Waals surface area contributed by atoms with Gasteiger partial charge in [-0.25, -0.2) is 8.78 Å². The fourth-order valence-corrected chi connectivity index (χ4v) is 1.40. The minimum Gasteiger partial charge on any atom is -0.268 e. The zero-order valence-corrected chi connectivity index (χ0v) is 8.24. The fraction of sp³-hybridized carbons (Fsp3) is 0.182. The Labute approximate surface area is 86.2 Å². The van der Waals surface area contributed by atoms with Crippen molar-refractivity contribution in [2.75, 3.05) is 0 Å². The zero-order valence-electron chi connectivity index (χ0n) is 8.24. The molecule has 0 unspecified atom stereocenters. The zero-order chi connectivity index (χ0) is 10.8. The molecule has 15 heavy (non-hydrogen) atoms. The lowest BCUT2D eigenvalue weighted by molar-refractivity contribution is 0.492. The highest BCUT2D eigenvalue weighted by molar-refractivity contribution is 5.19. The molecule has 0 bridgehead atoms. The van der Waals surface area contributed by atoms with E-state index in [4.69, 9.17) is 0 Å². The Morgan fingerprint density at radius 2 is 2.13 bits per heavy atom. The van der Waals surface area contributed by atoms with E-state index in [0.29, 0.717) is 5.56 Å². The Morgan fingerprint density at radius 1 is 1.33 bits per heavy atom. The van der Waals surface area contributed by atoms with Crippen LogP contribution in [0.25, 0.3) is 0 Å². The Hall–Kier alpha value is -1.71. The maximum Gasteiger partial charge on any atom is 0.163 e. The SMILES string of the molecule is Cc1cnn(Cc2cccc(F)c2F)c1. The van der Waals surface area contributed by atoms with Crippen molar-refractivity contribution < 1.29 is 8.78 Å². The molecular formula is C11H10F2N2. The van der Waals surface area contributed by atoms with Gasteiger partial charge in [0.15, 0.2) is 11.6 Å². The van der Waals surface area contributed by atoms with Crippen molar-refractivity contribution in [2.24, 2.45) is 0 Å². The first kappa shape index (κ1) is 9.83. The molecule has 0 saturated heterocycles. The van der Waals surface area contributed by atoms with Crippen molar-refractivity contribution >= 4 is 0 Å². The van der Waals surface area contributed by atoms with Gasteiger partial charge in [-0.3, -0.25) is 4.68 Å². The summed E-state index contributed by atoms with van der Waals surface area (Å²) in [5, 5.41) is 4.01. The summed E-state index contributed by atoms with van der Waals surface area (Å²) in [5.74, 6) is -1.62. The number of hydrogen-bond acceptors (Lipinski definition) is 1. The first-order valence-electron chi connectivity index (χ1n) is 4.59. The molecule has 0 radical (unpaired) electrons. The predicted octanol–water partition coefficient (Wildman–Crippen LogP) is 2.52. The summed E-state index contributed by atoms with van der Waals surface area (Å²) in [7, 11) is 0. The van der Waals surface area contributed by atoms with Crippen LogP contribution in [-0.4, -0.2) is 9.78 Å². The smallest absolute Gasteiger partial charge is 0.163 e. The Bertz CT molecular complexity index is 477. The van der Waals surface area contributed by atoms with E-state index >= 15 is 0 Å². The van der Waals surface area contributed by atoms with Crippen LogP contribution in [0.4, 0.5) is 8.78 Å². The van der Waals surface area contributed by atoms with Gasteiger partial charge in [0.05, 0.1) is 12.7 Å². The summed E-state index contributed by atoms with van der Waals surface area (Å²) in [6, 6.07) is 4.15. The van der Waals surface area contributed by atoms with E-state index in [1.54, 1.807) is 23.1 Å². The Morgan fingerprint density at radius 3 is 2.80 bits per heavy atom. The van der Waals surface area contributed by atoms with Crippen molar-refractivity contribution in [1.82, 2.24) is 9.78 Å². The van der Waals surface area contributed by atoms with Gasteiger partial charge in [-0.05, 0) is 18.6 Å². The highest BCUT2D eigenvalue weighted by atomic mass is 19.2. The highest BCUT2D eigenvalue weighted by Gasteiger charge is 2.07. The van der Waals surface area contributed by atoms with E-state index < -0.39 is 11.6 Å². The molecule has 4 heteroatoms. The quantitative estimate of drug-likeness (QED) is 0.741. The van der Waals surface area contributed by atoms with Crippen molar-refractivity contribution in [1.29, 1.82) is 0 Å². The van der Waals surface area contributed by atoms with Crippen LogP contribution in [0, 0.1) is 18.6 Å². The third-order valence-electron chi connectivity index (χ3n) is 2.13. The van der Waals surface area contributed by atoms with Gasteiger partial charge < -0.3 is 0 Å². The van der Waals surface area contributed by atoms with Crippen LogP contribution in [0.15, 0.2) is 30.6 Å². The Kier molecular flexibility index (Phi) is 2.49. The molecule has 0 saturated carbocycles. The van der Waals surface area contributed by atoms with Gasteiger partial charge in [-0.1, -0.05) is 12.1 Å². The summed E-state index contributed by atoms with van der Waals surface area (Å²) in [5.41, 5.74) is 1.30. The van der Waals surface area contributed by atoms with Gasteiger partial charge in [-0.15, -0.1) is 0 Å². The molecule has 0 amide bonds. The number of halogens is 2. The summed E-state index contributed by atoms with van der Waals surface area (Å²) >= 11 is 0. The third-order valence-corrected chi connectivity index (χ3v) is 2.13. The van der Waals surface area contributed by atoms with Gasteiger partial charge in [0.25, 0.3) is 0 Å². The molecule has 0 fully saturated rings. The number of nitrogens with zero attached hydrogens (tertiary/aromatic N) is 2. The average Bonchev–Trinajstić information content (AvgIpc) is 2.59. The van der Waals surface area contributed by atoms with E-state index in [9.17, 15) is 8.78 Å². The van der Waals surface area contributed by atoms with Gasteiger partial charge in [0, 0.05) is 11.8 Å². The molecule has 0 atom stereocenters.